The molecule has 0 saturated heterocycles. The molecular weight excluding hydrogens is 244 g/mol. The van der Waals surface area contributed by atoms with Crippen LogP contribution in [0.4, 0.5) is 0 Å². The first-order chi connectivity index (χ1) is 8.58. The standard InChI is InChI=1S/C16H15ClO/c1-11-5-3-4-6-13(11)9-16(18)15-10-14(17)8-7-12(15)2/h3-8,10H,9H2,1-2H3. The van der Waals surface area contributed by atoms with Crippen molar-refractivity contribution in [1.82, 2.24) is 0 Å². The van der Waals surface area contributed by atoms with Crippen LogP contribution in [-0.2, 0) is 6.42 Å². The number of ketones is 1. The molecule has 0 atom stereocenters. The number of carbonyl (C=O) groups excluding carboxylic acids is 1. The highest BCUT2D eigenvalue weighted by molar-refractivity contribution is 6.31. The number of carbonyl (C=O) groups is 1. The van der Waals surface area contributed by atoms with Crippen molar-refractivity contribution in [1.29, 1.82) is 0 Å². The van der Waals surface area contributed by atoms with E-state index in [1.165, 1.54) is 0 Å². The van der Waals surface area contributed by atoms with E-state index in [2.05, 4.69) is 0 Å². The molecule has 0 unspecified atom stereocenters. The Morgan fingerprint density at radius 2 is 1.78 bits per heavy atom. The highest BCUT2D eigenvalue weighted by Crippen LogP contribution is 2.18. The Balaban J connectivity index is 2.28. The van der Waals surface area contributed by atoms with Gasteiger partial charge >= 0.3 is 0 Å². The fourth-order valence-corrected chi connectivity index (χ4v) is 2.14. The maximum absolute atomic E-state index is 12.3. The second kappa shape index (κ2) is 5.36. The average Bonchev–Trinajstić information content (AvgIpc) is 2.35. The van der Waals surface area contributed by atoms with Gasteiger partial charge in [-0.2, -0.15) is 0 Å². The zero-order valence-corrected chi connectivity index (χ0v) is 11.3. The normalized spacial score (nSPS) is 10.4. The summed E-state index contributed by atoms with van der Waals surface area (Å²) in [5.74, 6) is 0.115. The zero-order valence-electron chi connectivity index (χ0n) is 10.5. The highest BCUT2D eigenvalue weighted by atomic mass is 35.5. The molecular formula is C16H15ClO. The second-order valence-electron chi connectivity index (χ2n) is 4.49. The van der Waals surface area contributed by atoms with E-state index in [0.29, 0.717) is 17.0 Å². The van der Waals surface area contributed by atoms with Crippen molar-refractivity contribution in [3.8, 4) is 0 Å². The molecule has 18 heavy (non-hydrogen) atoms. The fraction of sp³-hybridized carbons (Fsp3) is 0.188. The molecule has 2 heteroatoms. The molecule has 0 aromatic heterocycles. The Bertz CT molecular complexity index is 587. The van der Waals surface area contributed by atoms with Crippen molar-refractivity contribution in [2.75, 3.05) is 0 Å². The number of halogens is 1. The van der Waals surface area contributed by atoms with Gasteiger partial charge < -0.3 is 0 Å². The van der Waals surface area contributed by atoms with Crippen LogP contribution in [0.25, 0.3) is 0 Å². The smallest absolute Gasteiger partial charge is 0.167 e. The van der Waals surface area contributed by atoms with E-state index in [1.54, 1.807) is 12.1 Å². The van der Waals surface area contributed by atoms with Gasteiger partial charge in [-0.15, -0.1) is 0 Å². The van der Waals surface area contributed by atoms with Crippen LogP contribution in [0.5, 0.6) is 0 Å². The summed E-state index contributed by atoms with van der Waals surface area (Å²) in [4.78, 5) is 12.3. The van der Waals surface area contributed by atoms with Crippen LogP contribution in [0.15, 0.2) is 42.5 Å². The van der Waals surface area contributed by atoms with Crippen molar-refractivity contribution < 1.29 is 4.79 Å². The van der Waals surface area contributed by atoms with Crippen LogP contribution in [-0.4, -0.2) is 5.78 Å². The van der Waals surface area contributed by atoms with E-state index < -0.39 is 0 Å². The van der Waals surface area contributed by atoms with Gasteiger partial charge in [0.1, 0.15) is 0 Å². The maximum atomic E-state index is 12.3. The van der Waals surface area contributed by atoms with Gasteiger partial charge in [0.25, 0.3) is 0 Å². The summed E-state index contributed by atoms with van der Waals surface area (Å²) in [5.41, 5.74) is 3.90. The Morgan fingerprint density at radius 3 is 2.50 bits per heavy atom. The molecule has 0 bridgehead atoms. The van der Waals surface area contributed by atoms with Gasteiger partial charge in [-0.05, 0) is 42.7 Å². The Kier molecular flexibility index (Phi) is 3.83. The van der Waals surface area contributed by atoms with E-state index in [0.717, 1.165) is 16.7 Å². The molecule has 2 aromatic carbocycles. The first-order valence-electron chi connectivity index (χ1n) is 5.92. The third-order valence-electron chi connectivity index (χ3n) is 3.11. The summed E-state index contributed by atoms with van der Waals surface area (Å²) in [6.07, 6.45) is 0.424. The summed E-state index contributed by atoms with van der Waals surface area (Å²) in [6, 6.07) is 13.4. The Hall–Kier alpha value is -1.60. The van der Waals surface area contributed by atoms with E-state index in [1.807, 2.05) is 44.2 Å². The van der Waals surface area contributed by atoms with Crippen molar-refractivity contribution in [3.05, 3.63) is 69.7 Å². The molecule has 2 aromatic rings. The predicted molar refractivity (Wildman–Crippen MR) is 75.4 cm³/mol. The molecule has 0 aliphatic carbocycles. The van der Waals surface area contributed by atoms with E-state index in [-0.39, 0.29) is 5.78 Å². The van der Waals surface area contributed by atoms with Gasteiger partial charge in [-0.3, -0.25) is 4.79 Å². The summed E-state index contributed by atoms with van der Waals surface area (Å²) >= 11 is 5.94. The molecule has 1 nitrogen and oxygen atoms in total. The number of hydrogen-bond donors (Lipinski definition) is 0. The van der Waals surface area contributed by atoms with E-state index in [4.69, 9.17) is 11.6 Å². The average molecular weight is 259 g/mol. The molecule has 0 spiro atoms. The van der Waals surface area contributed by atoms with Crippen molar-refractivity contribution >= 4 is 17.4 Å². The molecule has 0 N–H and O–H groups in total. The van der Waals surface area contributed by atoms with Crippen molar-refractivity contribution in [3.63, 3.8) is 0 Å². The molecule has 0 heterocycles. The van der Waals surface area contributed by atoms with E-state index >= 15 is 0 Å². The van der Waals surface area contributed by atoms with Gasteiger partial charge in [-0.1, -0.05) is 41.9 Å². The topological polar surface area (TPSA) is 17.1 Å². The Labute approximate surface area is 112 Å². The molecule has 0 aliphatic heterocycles. The number of hydrogen-bond acceptors (Lipinski definition) is 1. The Morgan fingerprint density at radius 1 is 1.06 bits per heavy atom. The summed E-state index contributed by atoms with van der Waals surface area (Å²) < 4.78 is 0. The lowest BCUT2D eigenvalue weighted by molar-refractivity contribution is 0.0992. The predicted octanol–water partition coefficient (Wildman–Crippen LogP) is 4.38. The van der Waals surface area contributed by atoms with Crippen LogP contribution in [0.1, 0.15) is 27.0 Å². The lowest BCUT2D eigenvalue weighted by Crippen LogP contribution is -2.06. The van der Waals surface area contributed by atoms with Gasteiger partial charge in [0.05, 0.1) is 0 Å². The van der Waals surface area contributed by atoms with Gasteiger partial charge in [0, 0.05) is 17.0 Å². The number of aryl methyl sites for hydroxylation is 2. The SMILES string of the molecule is Cc1ccccc1CC(=O)c1cc(Cl)ccc1C. The molecule has 0 amide bonds. The number of benzene rings is 2. The minimum absolute atomic E-state index is 0.115. The maximum Gasteiger partial charge on any atom is 0.167 e. The largest absolute Gasteiger partial charge is 0.294 e. The fourth-order valence-electron chi connectivity index (χ4n) is 1.97. The van der Waals surface area contributed by atoms with Crippen molar-refractivity contribution in [2.24, 2.45) is 0 Å². The summed E-state index contributed by atoms with van der Waals surface area (Å²) in [5, 5.41) is 0.605. The van der Waals surface area contributed by atoms with Crippen LogP contribution in [0.3, 0.4) is 0 Å². The van der Waals surface area contributed by atoms with Gasteiger partial charge in [0.15, 0.2) is 5.78 Å². The summed E-state index contributed by atoms with van der Waals surface area (Å²) in [7, 11) is 0. The zero-order chi connectivity index (χ0) is 13.1. The monoisotopic (exact) mass is 258 g/mol. The lowest BCUT2D eigenvalue weighted by Gasteiger charge is -2.07. The third kappa shape index (κ3) is 2.80. The second-order valence-corrected chi connectivity index (χ2v) is 4.92. The highest BCUT2D eigenvalue weighted by Gasteiger charge is 2.11. The van der Waals surface area contributed by atoms with Gasteiger partial charge in [0.2, 0.25) is 0 Å². The minimum atomic E-state index is 0.115. The van der Waals surface area contributed by atoms with Crippen LogP contribution in [0, 0.1) is 13.8 Å². The number of rotatable bonds is 3. The van der Waals surface area contributed by atoms with E-state index in [9.17, 15) is 4.79 Å². The van der Waals surface area contributed by atoms with Crippen LogP contribution in [0.2, 0.25) is 5.02 Å². The molecule has 2 rings (SSSR count). The lowest BCUT2D eigenvalue weighted by atomic mass is 9.97. The first-order valence-corrected chi connectivity index (χ1v) is 6.29. The molecule has 0 fully saturated rings. The first kappa shape index (κ1) is 12.8. The molecule has 92 valence electrons. The van der Waals surface area contributed by atoms with Crippen LogP contribution >= 0.6 is 11.6 Å². The molecule has 0 aliphatic rings. The minimum Gasteiger partial charge on any atom is -0.294 e. The quantitative estimate of drug-likeness (QED) is 0.747. The molecule has 0 saturated carbocycles. The van der Waals surface area contributed by atoms with Crippen LogP contribution < -0.4 is 0 Å². The van der Waals surface area contributed by atoms with Crippen molar-refractivity contribution in [2.45, 2.75) is 20.3 Å². The third-order valence-corrected chi connectivity index (χ3v) is 3.35. The summed E-state index contributed by atoms with van der Waals surface area (Å²) in [6.45, 7) is 3.95. The molecule has 0 radical (unpaired) electrons. The number of Topliss-reactive ketones (excluding diaryl/α,β-unsaturated/α-hetero) is 1. The van der Waals surface area contributed by atoms with Gasteiger partial charge in [-0.25, -0.2) is 0 Å².